The van der Waals surface area contributed by atoms with Gasteiger partial charge in [-0.3, -0.25) is 9.80 Å². The van der Waals surface area contributed by atoms with Crippen molar-refractivity contribution in [3.05, 3.63) is 12.2 Å². The van der Waals surface area contributed by atoms with Crippen molar-refractivity contribution in [2.75, 3.05) is 39.3 Å². The van der Waals surface area contributed by atoms with E-state index in [4.69, 9.17) is 0 Å². The molecule has 2 aliphatic heterocycles. The lowest BCUT2D eigenvalue weighted by molar-refractivity contribution is 0.0201. The molecule has 2 unspecified atom stereocenters. The molecule has 0 amide bonds. The van der Waals surface area contributed by atoms with E-state index >= 15 is 0 Å². The molecule has 0 aromatic rings. The maximum Gasteiger partial charge on any atom is 0.0224 e. The van der Waals surface area contributed by atoms with E-state index < -0.39 is 0 Å². The number of piperidine rings is 1. The fraction of sp³-hybridized carbons (Fsp3) is 0.867. The molecule has 3 nitrogen and oxygen atoms in total. The molecular formula is C15H29N3. The Morgan fingerprint density at radius 3 is 2.94 bits per heavy atom. The van der Waals surface area contributed by atoms with Crippen molar-refractivity contribution in [2.24, 2.45) is 0 Å². The minimum atomic E-state index is 0.678. The molecule has 2 fully saturated rings. The maximum atomic E-state index is 4.21. The van der Waals surface area contributed by atoms with Crippen LogP contribution in [-0.2, 0) is 0 Å². The Morgan fingerprint density at radius 2 is 2.17 bits per heavy atom. The third kappa shape index (κ3) is 3.56. The van der Waals surface area contributed by atoms with Crippen molar-refractivity contribution in [1.82, 2.24) is 15.1 Å². The third-order valence-electron chi connectivity index (χ3n) is 4.37. The zero-order chi connectivity index (χ0) is 13.0. The van der Waals surface area contributed by atoms with Crippen molar-refractivity contribution < 1.29 is 0 Å². The predicted octanol–water partition coefficient (Wildman–Crippen LogP) is 1.71. The van der Waals surface area contributed by atoms with Gasteiger partial charge in [0.05, 0.1) is 0 Å². The van der Waals surface area contributed by atoms with Crippen LogP contribution in [0.5, 0.6) is 0 Å². The average Bonchev–Trinajstić information content (AvgIpc) is 2.37. The van der Waals surface area contributed by atoms with Gasteiger partial charge in [0.25, 0.3) is 0 Å². The van der Waals surface area contributed by atoms with Crippen molar-refractivity contribution in [3.63, 3.8) is 0 Å². The lowest BCUT2D eigenvalue weighted by Gasteiger charge is -2.47. The zero-order valence-corrected chi connectivity index (χ0v) is 12.1. The molecule has 18 heavy (non-hydrogen) atoms. The molecule has 0 spiro atoms. The fourth-order valence-corrected chi connectivity index (χ4v) is 3.28. The molecule has 2 aliphatic rings. The van der Waals surface area contributed by atoms with Gasteiger partial charge in [-0.2, -0.15) is 0 Å². The molecule has 2 rings (SSSR count). The van der Waals surface area contributed by atoms with E-state index in [-0.39, 0.29) is 0 Å². The van der Waals surface area contributed by atoms with Crippen LogP contribution < -0.4 is 5.32 Å². The zero-order valence-electron chi connectivity index (χ0n) is 12.1. The number of nitrogens with one attached hydrogen (secondary N) is 1. The highest BCUT2D eigenvalue weighted by Crippen LogP contribution is 2.24. The summed E-state index contributed by atoms with van der Waals surface area (Å²) in [7, 11) is 0. The minimum absolute atomic E-state index is 0.678. The number of hydrogen-bond donors (Lipinski definition) is 1. The van der Waals surface area contributed by atoms with Crippen molar-refractivity contribution in [2.45, 2.75) is 45.2 Å². The highest BCUT2D eigenvalue weighted by molar-refractivity contribution is 5.02. The summed E-state index contributed by atoms with van der Waals surface area (Å²) in [6, 6.07) is 1.49. The van der Waals surface area contributed by atoms with E-state index in [9.17, 15) is 0 Å². The van der Waals surface area contributed by atoms with E-state index in [1.807, 2.05) is 0 Å². The molecular weight excluding hydrogens is 222 g/mol. The first kappa shape index (κ1) is 14.0. The van der Waals surface area contributed by atoms with Gasteiger partial charge in [-0.25, -0.2) is 0 Å². The summed E-state index contributed by atoms with van der Waals surface area (Å²) in [4.78, 5) is 5.34. The minimum Gasteiger partial charge on any atom is -0.313 e. The molecule has 2 saturated heterocycles. The number of likely N-dealkylation sites (N-methyl/N-ethyl adjacent to an activating group) is 1. The van der Waals surface area contributed by atoms with Crippen LogP contribution in [-0.4, -0.2) is 61.2 Å². The van der Waals surface area contributed by atoms with Crippen LogP contribution in [0, 0.1) is 0 Å². The normalized spacial score (nSPS) is 30.1. The molecule has 1 N–H and O–H groups in total. The second-order valence-corrected chi connectivity index (χ2v) is 5.95. The lowest BCUT2D eigenvalue weighted by Crippen LogP contribution is -2.59. The quantitative estimate of drug-likeness (QED) is 0.751. The van der Waals surface area contributed by atoms with Gasteiger partial charge in [-0.15, -0.1) is 0 Å². The second kappa shape index (κ2) is 6.69. The van der Waals surface area contributed by atoms with Crippen LogP contribution in [0.4, 0.5) is 0 Å². The lowest BCUT2D eigenvalue weighted by atomic mass is 9.97. The van der Waals surface area contributed by atoms with Gasteiger partial charge in [0.2, 0.25) is 0 Å². The Morgan fingerprint density at radius 1 is 1.33 bits per heavy atom. The van der Waals surface area contributed by atoms with Crippen LogP contribution in [0.15, 0.2) is 12.2 Å². The molecule has 104 valence electrons. The highest BCUT2D eigenvalue weighted by Gasteiger charge is 2.32. The summed E-state index contributed by atoms with van der Waals surface area (Å²) in [5, 5.41) is 3.37. The third-order valence-corrected chi connectivity index (χ3v) is 4.37. The number of piperazine rings is 1. The predicted molar refractivity (Wildman–Crippen MR) is 77.9 cm³/mol. The molecule has 2 atom stereocenters. The number of nitrogens with zero attached hydrogens (tertiary/aromatic N) is 2. The molecule has 0 aromatic heterocycles. The largest absolute Gasteiger partial charge is 0.313 e. The molecule has 0 radical (unpaired) electrons. The number of rotatable bonds is 5. The van der Waals surface area contributed by atoms with Crippen LogP contribution in [0.25, 0.3) is 0 Å². The van der Waals surface area contributed by atoms with Gasteiger partial charge < -0.3 is 5.32 Å². The van der Waals surface area contributed by atoms with Gasteiger partial charge in [0.1, 0.15) is 0 Å². The Bertz CT molecular complexity index is 277. The van der Waals surface area contributed by atoms with Crippen molar-refractivity contribution in [3.8, 4) is 0 Å². The van der Waals surface area contributed by atoms with Gasteiger partial charge in [0.15, 0.2) is 0 Å². The van der Waals surface area contributed by atoms with E-state index in [1.165, 1.54) is 44.5 Å². The van der Waals surface area contributed by atoms with Gasteiger partial charge in [-0.1, -0.05) is 19.9 Å². The Kier molecular flexibility index (Phi) is 5.22. The monoisotopic (exact) mass is 251 g/mol. The standard InChI is InChI=1S/C15H29N3/c1-4-16-9-13(2)10-18-12-15-7-5-6-8-17(15)11-14(18)3/h14-16H,2,4-12H2,1,3H3. The molecule has 0 aliphatic carbocycles. The van der Waals surface area contributed by atoms with Crippen LogP contribution in [0.2, 0.25) is 0 Å². The second-order valence-electron chi connectivity index (χ2n) is 5.95. The first-order chi connectivity index (χ1) is 8.70. The van der Waals surface area contributed by atoms with E-state index in [1.54, 1.807) is 0 Å². The van der Waals surface area contributed by atoms with E-state index in [2.05, 4.69) is 35.5 Å². The SMILES string of the molecule is C=C(CNCC)CN1CC2CCCCN2CC1C. The molecule has 0 saturated carbocycles. The summed E-state index contributed by atoms with van der Waals surface area (Å²) < 4.78 is 0. The summed E-state index contributed by atoms with van der Waals surface area (Å²) >= 11 is 0. The molecule has 2 heterocycles. The molecule has 0 bridgehead atoms. The first-order valence-electron chi connectivity index (χ1n) is 7.56. The Hall–Kier alpha value is -0.380. The average molecular weight is 251 g/mol. The van der Waals surface area contributed by atoms with E-state index in [0.717, 1.165) is 25.7 Å². The summed E-state index contributed by atoms with van der Waals surface area (Å²) in [6.07, 6.45) is 4.21. The molecule has 0 aromatic carbocycles. The van der Waals surface area contributed by atoms with Gasteiger partial charge in [0, 0.05) is 38.3 Å². The topological polar surface area (TPSA) is 18.5 Å². The summed E-state index contributed by atoms with van der Waals surface area (Å²) in [6.45, 7) is 15.6. The number of hydrogen-bond acceptors (Lipinski definition) is 3. The van der Waals surface area contributed by atoms with Crippen LogP contribution in [0.1, 0.15) is 33.1 Å². The smallest absolute Gasteiger partial charge is 0.0224 e. The summed E-state index contributed by atoms with van der Waals surface area (Å²) in [5.74, 6) is 0. The van der Waals surface area contributed by atoms with E-state index in [0.29, 0.717) is 6.04 Å². The van der Waals surface area contributed by atoms with Crippen molar-refractivity contribution >= 4 is 0 Å². The highest BCUT2D eigenvalue weighted by atomic mass is 15.3. The fourth-order valence-electron chi connectivity index (χ4n) is 3.28. The van der Waals surface area contributed by atoms with Gasteiger partial charge >= 0.3 is 0 Å². The summed E-state index contributed by atoms with van der Waals surface area (Å²) in [5.41, 5.74) is 1.33. The Labute approximate surface area is 112 Å². The maximum absolute atomic E-state index is 4.21. The van der Waals surface area contributed by atoms with Crippen LogP contribution >= 0.6 is 0 Å². The Balaban J connectivity index is 1.83. The number of fused-ring (bicyclic) bond motifs is 1. The first-order valence-corrected chi connectivity index (χ1v) is 7.56. The van der Waals surface area contributed by atoms with Crippen LogP contribution in [0.3, 0.4) is 0 Å². The molecule has 3 heteroatoms. The van der Waals surface area contributed by atoms with Gasteiger partial charge in [-0.05, 0) is 38.4 Å². The van der Waals surface area contributed by atoms with Crippen molar-refractivity contribution in [1.29, 1.82) is 0 Å².